The highest BCUT2D eigenvalue weighted by molar-refractivity contribution is 4.90. The van der Waals surface area contributed by atoms with Gasteiger partial charge in [-0.15, -0.1) is 0 Å². The van der Waals surface area contributed by atoms with E-state index in [0.29, 0.717) is 6.42 Å². The van der Waals surface area contributed by atoms with Crippen molar-refractivity contribution in [1.82, 2.24) is 0 Å². The van der Waals surface area contributed by atoms with Crippen molar-refractivity contribution in [3.05, 3.63) is 5.92 Å². The number of hydrogen-bond acceptors (Lipinski definition) is 2. The lowest BCUT2D eigenvalue weighted by molar-refractivity contribution is 0.176. The Morgan fingerprint density at radius 2 is 2.00 bits per heavy atom. The van der Waals surface area contributed by atoms with E-state index in [1.165, 1.54) is 5.92 Å². The number of rotatable bonds is 3. The summed E-state index contributed by atoms with van der Waals surface area (Å²) in [6, 6.07) is 0.0602. The fourth-order valence-electron chi connectivity index (χ4n) is 0.603. The minimum atomic E-state index is -0.283. The third-order valence-corrected chi connectivity index (χ3v) is 1.34. The summed E-state index contributed by atoms with van der Waals surface area (Å²) in [7, 11) is 0. The number of nitrogens with two attached hydrogens (primary N) is 1. The van der Waals surface area contributed by atoms with E-state index in [1.807, 2.05) is 13.8 Å². The Hall–Kier alpha value is -0.0800. The van der Waals surface area contributed by atoms with Crippen molar-refractivity contribution < 1.29 is 5.11 Å². The largest absolute Gasteiger partial charge is 0.393 e. The van der Waals surface area contributed by atoms with Crippen LogP contribution in [-0.2, 0) is 0 Å². The molecule has 0 aliphatic rings. The fourth-order valence-corrected chi connectivity index (χ4v) is 0.603. The second kappa shape index (κ2) is 3.85. The highest BCUT2D eigenvalue weighted by Gasteiger charge is 2.09. The predicted octanol–water partition coefficient (Wildman–Crippen LogP) is 0.699. The molecule has 0 bridgehead atoms. The second-order valence-corrected chi connectivity index (χ2v) is 2.77. The van der Waals surface area contributed by atoms with Crippen LogP contribution in [0.15, 0.2) is 0 Å². The van der Waals surface area contributed by atoms with Crippen LogP contribution in [0.5, 0.6) is 0 Å². The van der Waals surface area contributed by atoms with Crippen molar-refractivity contribution in [2.75, 3.05) is 0 Å². The number of aliphatic hydroxyl groups is 1. The summed E-state index contributed by atoms with van der Waals surface area (Å²) in [6.45, 7) is 5.71. The van der Waals surface area contributed by atoms with Gasteiger partial charge in [0.15, 0.2) is 0 Å². The summed E-state index contributed by atoms with van der Waals surface area (Å²) in [5.74, 6) is 1.18. The Labute approximate surface area is 57.1 Å². The van der Waals surface area contributed by atoms with E-state index >= 15 is 0 Å². The maximum atomic E-state index is 8.88. The summed E-state index contributed by atoms with van der Waals surface area (Å²) >= 11 is 0. The monoisotopic (exact) mass is 130 g/mol. The Balaban J connectivity index is 3.38. The molecule has 0 fully saturated rings. The molecule has 2 heteroatoms. The normalized spacial score (nSPS) is 18.0. The second-order valence-electron chi connectivity index (χ2n) is 2.77. The molecule has 0 heterocycles. The van der Waals surface area contributed by atoms with Crippen LogP contribution in [0.1, 0.15) is 27.2 Å². The zero-order valence-electron chi connectivity index (χ0n) is 6.39. The highest BCUT2D eigenvalue weighted by atomic mass is 16.3. The molecule has 2 unspecified atom stereocenters. The van der Waals surface area contributed by atoms with Crippen LogP contribution in [0.4, 0.5) is 0 Å². The summed E-state index contributed by atoms with van der Waals surface area (Å²) in [4.78, 5) is 0. The van der Waals surface area contributed by atoms with Crippen LogP contribution in [0.2, 0.25) is 0 Å². The molecule has 0 rings (SSSR count). The van der Waals surface area contributed by atoms with E-state index in [4.69, 9.17) is 10.8 Å². The summed E-state index contributed by atoms with van der Waals surface area (Å²) in [5.41, 5.74) is 5.62. The van der Waals surface area contributed by atoms with Crippen LogP contribution in [0.25, 0.3) is 0 Å². The lowest BCUT2D eigenvalue weighted by atomic mass is 10.00. The average molecular weight is 130 g/mol. The van der Waals surface area contributed by atoms with E-state index in [9.17, 15) is 0 Å². The van der Waals surface area contributed by atoms with Gasteiger partial charge in [0.25, 0.3) is 0 Å². The Kier molecular flexibility index (Phi) is 3.82. The van der Waals surface area contributed by atoms with Crippen molar-refractivity contribution in [2.24, 2.45) is 5.73 Å². The molecule has 0 aromatic carbocycles. The van der Waals surface area contributed by atoms with Crippen molar-refractivity contribution in [3.63, 3.8) is 0 Å². The van der Waals surface area contributed by atoms with Crippen LogP contribution in [0.3, 0.4) is 0 Å². The van der Waals surface area contributed by atoms with Crippen molar-refractivity contribution in [3.8, 4) is 0 Å². The van der Waals surface area contributed by atoms with Crippen molar-refractivity contribution in [2.45, 2.75) is 39.3 Å². The van der Waals surface area contributed by atoms with E-state index in [-0.39, 0.29) is 12.1 Å². The molecule has 0 amide bonds. The van der Waals surface area contributed by atoms with E-state index < -0.39 is 0 Å². The third kappa shape index (κ3) is 4.43. The van der Waals surface area contributed by atoms with Crippen molar-refractivity contribution >= 4 is 0 Å². The van der Waals surface area contributed by atoms with Gasteiger partial charge in [0.1, 0.15) is 0 Å². The minimum absolute atomic E-state index is 0.0602. The Morgan fingerprint density at radius 3 is 2.11 bits per heavy atom. The van der Waals surface area contributed by atoms with Gasteiger partial charge >= 0.3 is 0 Å². The van der Waals surface area contributed by atoms with E-state index in [1.54, 1.807) is 6.92 Å². The average Bonchev–Trinajstić information content (AvgIpc) is 1.63. The maximum Gasteiger partial charge on any atom is 0.0527 e. The third-order valence-electron chi connectivity index (χ3n) is 1.34. The molecule has 2 atom stereocenters. The molecule has 2 nitrogen and oxygen atoms in total. The molecule has 0 saturated heterocycles. The van der Waals surface area contributed by atoms with Crippen LogP contribution < -0.4 is 5.73 Å². The van der Waals surface area contributed by atoms with Crippen LogP contribution >= 0.6 is 0 Å². The molecule has 9 heavy (non-hydrogen) atoms. The van der Waals surface area contributed by atoms with Gasteiger partial charge in [-0.2, -0.15) is 0 Å². The SMILES string of the molecule is C[C](C)C(N)CC(C)O. The topological polar surface area (TPSA) is 46.2 Å². The molecule has 3 N–H and O–H groups in total. The molecule has 0 aliphatic carbocycles. The first-order chi connectivity index (χ1) is 4.04. The molecule has 55 valence electrons. The zero-order valence-corrected chi connectivity index (χ0v) is 6.39. The standard InChI is InChI=1S/C7H16NO/c1-5(2)7(8)4-6(3)9/h6-7,9H,4,8H2,1-3H3. The van der Waals surface area contributed by atoms with E-state index in [0.717, 1.165) is 0 Å². The van der Waals surface area contributed by atoms with Crippen LogP contribution in [0, 0.1) is 5.92 Å². The van der Waals surface area contributed by atoms with Gasteiger partial charge in [0, 0.05) is 6.04 Å². The molecule has 0 saturated carbocycles. The van der Waals surface area contributed by atoms with Gasteiger partial charge in [-0.3, -0.25) is 0 Å². The van der Waals surface area contributed by atoms with Gasteiger partial charge in [-0.25, -0.2) is 0 Å². The molecule has 0 aromatic rings. The molecular formula is C7H16NO. The summed E-state index contributed by atoms with van der Waals surface area (Å²) < 4.78 is 0. The van der Waals surface area contributed by atoms with Gasteiger partial charge in [0.2, 0.25) is 0 Å². The quantitative estimate of drug-likeness (QED) is 0.590. The Morgan fingerprint density at radius 1 is 1.56 bits per heavy atom. The predicted molar refractivity (Wildman–Crippen MR) is 38.9 cm³/mol. The lowest BCUT2D eigenvalue weighted by Crippen LogP contribution is -2.28. The molecular weight excluding hydrogens is 114 g/mol. The number of hydrogen-bond donors (Lipinski definition) is 2. The van der Waals surface area contributed by atoms with Gasteiger partial charge < -0.3 is 10.8 Å². The van der Waals surface area contributed by atoms with Gasteiger partial charge in [0.05, 0.1) is 6.10 Å². The van der Waals surface area contributed by atoms with Gasteiger partial charge in [-0.05, 0) is 19.3 Å². The lowest BCUT2D eigenvalue weighted by Gasteiger charge is -2.15. The first-order valence-corrected chi connectivity index (χ1v) is 3.27. The van der Waals surface area contributed by atoms with Crippen molar-refractivity contribution in [1.29, 1.82) is 0 Å². The number of aliphatic hydroxyl groups excluding tert-OH is 1. The fraction of sp³-hybridized carbons (Fsp3) is 0.857. The summed E-state index contributed by atoms with van der Waals surface area (Å²) in [5, 5.41) is 8.88. The zero-order chi connectivity index (χ0) is 7.44. The maximum absolute atomic E-state index is 8.88. The summed E-state index contributed by atoms with van der Waals surface area (Å²) in [6.07, 6.45) is 0.386. The van der Waals surface area contributed by atoms with E-state index in [2.05, 4.69) is 0 Å². The Bertz CT molecular complexity index is 71.3. The molecule has 0 aromatic heterocycles. The van der Waals surface area contributed by atoms with Crippen LogP contribution in [-0.4, -0.2) is 17.3 Å². The highest BCUT2D eigenvalue weighted by Crippen LogP contribution is 2.06. The first kappa shape index (κ1) is 8.92. The first-order valence-electron chi connectivity index (χ1n) is 3.27. The molecule has 1 radical (unpaired) electrons. The minimum Gasteiger partial charge on any atom is -0.393 e. The smallest absolute Gasteiger partial charge is 0.0527 e. The van der Waals surface area contributed by atoms with Gasteiger partial charge in [-0.1, -0.05) is 13.8 Å². The molecule has 0 spiro atoms. The molecule has 0 aliphatic heterocycles.